The first-order valence-corrected chi connectivity index (χ1v) is 9.35. The highest BCUT2D eigenvalue weighted by Crippen LogP contribution is 2.20. The molecule has 0 amide bonds. The molecule has 1 heterocycles. The highest BCUT2D eigenvalue weighted by Gasteiger charge is 2.00. The fraction of sp³-hybridized carbons (Fsp3) is 0.375. The molecular weight excluding hydrogens is 458 g/mol. The second-order valence-electron chi connectivity index (χ2n) is 4.81. The Morgan fingerprint density at radius 2 is 2.17 bits per heavy atom. The molecule has 4 nitrogen and oxygen atoms in total. The molecule has 132 valence electrons. The van der Waals surface area contributed by atoms with Crippen molar-refractivity contribution in [3.63, 3.8) is 0 Å². The second-order valence-corrected chi connectivity index (χ2v) is 7.04. The van der Waals surface area contributed by atoms with Gasteiger partial charge in [-0.1, -0.05) is 23.9 Å². The van der Waals surface area contributed by atoms with Gasteiger partial charge in [-0.25, -0.2) is 9.37 Å². The van der Waals surface area contributed by atoms with E-state index in [1.807, 2.05) is 17.6 Å². The smallest absolute Gasteiger partial charge is 0.190 e. The van der Waals surface area contributed by atoms with Crippen molar-refractivity contribution in [2.45, 2.75) is 17.2 Å². The van der Waals surface area contributed by atoms with Gasteiger partial charge in [-0.05, 0) is 30.5 Å². The van der Waals surface area contributed by atoms with Crippen molar-refractivity contribution in [1.82, 2.24) is 15.6 Å². The first kappa shape index (κ1) is 21.2. The highest BCUT2D eigenvalue weighted by atomic mass is 127. The largest absolute Gasteiger partial charge is 0.356 e. The van der Waals surface area contributed by atoms with Gasteiger partial charge in [0.2, 0.25) is 0 Å². The summed E-state index contributed by atoms with van der Waals surface area (Å²) in [5, 5.41) is 8.51. The summed E-state index contributed by atoms with van der Waals surface area (Å²) >= 11 is 3.44. The van der Waals surface area contributed by atoms with Crippen LogP contribution in [-0.4, -0.2) is 36.8 Å². The number of nitrogens with zero attached hydrogens (tertiary/aromatic N) is 2. The van der Waals surface area contributed by atoms with Gasteiger partial charge in [-0.2, -0.15) is 0 Å². The predicted molar refractivity (Wildman–Crippen MR) is 112 cm³/mol. The Labute approximate surface area is 167 Å². The van der Waals surface area contributed by atoms with Crippen molar-refractivity contribution < 1.29 is 4.39 Å². The maximum Gasteiger partial charge on any atom is 0.190 e. The molecule has 0 aliphatic carbocycles. The summed E-state index contributed by atoms with van der Waals surface area (Å²) in [4.78, 5) is 8.43. The van der Waals surface area contributed by atoms with E-state index >= 15 is 0 Å². The van der Waals surface area contributed by atoms with E-state index in [0.29, 0.717) is 0 Å². The van der Waals surface area contributed by atoms with E-state index in [-0.39, 0.29) is 29.8 Å². The summed E-state index contributed by atoms with van der Waals surface area (Å²) in [6.07, 6.45) is 3.63. The van der Waals surface area contributed by atoms with Crippen LogP contribution in [0.25, 0.3) is 0 Å². The Balaban J connectivity index is 0.00000288. The molecule has 0 radical (unpaired) electrons. The Morgan fingerprint density at radius 3 is 2.88 bits per heavy atom. The average Bonchev–Trinajstić information content (AvgIpc) is 3.06. The molecule has 24 heavy (non-hydrogen) atoms. The van der Waals surface area contributed by atoms with E-state index in [1.165, 1.54) is 6.07 Å². The van der Waals surface area contributed by atoms with Crippen LogP contribution in [0, 0.1) is 5.82 Å². The van der Waals surface area contributed by atoms with Gasteiger partial charge in [0.25, 0.3) is 0 Å². The molecule has 0 spiro atoms. The van der Waals surface area contributed by atoms with Gasteiger partial charge in [0.1, 0.15) is 10.2 Å². The monoisotopic (exact) mass is 480 g/mol. The lowest BCUT2D eigenvalue weighted by atomic mass is 10.1. The van der Waals surface area contributed by atoms with E-state index in [2.05, 4.69) is 20.6 Å². The molecule has 2 aromatic rings. The van der Waals surface area contributed by atoms with Crippen molar-refractivity contribution in [1.29, 1.82) is 0 Å². The number of aliphatic imine (C=N–C) groups is 1. The number of guanidine groups is 1. The van der Waals surface area contributed by atoms with Crippen molar-refractivity contribution in [3.8, 4) is 0 Å². The molecule has 0 saturated heterocycles. The SMILES string of the molecule is CN=C(NCCCSc1nccs1)NCCc1cccc(F)c1.I. The standard InChI is InChI=1S/C16H21FN4S2.HI/c1-18-15(19-7-3-10-22-16-21-9-11-23-16)20-8-6-13-4-2-5-14(17)12-13;/h2,4-5,9,11-12H,3,6-8,10H2,1H3,(H2,18,19,20);1H. The maximum atomic E-state index is 13.1. The molecule has 0 atom stereocenters. The third-order valence-electron chi connectivity index (χ3n) is 3.07. The van der Waals surface area contributed by atoms with Gasteiger partial charge in [-0.15, -0.1) is 35.3 Å². The van der Waals surface area contributed by atoms with Gasteiger partial charge in [0.05, 0.1) is 0 Å². The topological polar surface area (TPSA) is 49.3 Å². The maximum absolute atomic E-state index is 13.1. The first-order chi connectivity index (χ1) is 11.3. The molecule has 0 unspecified atom stereocenters. The third kappa shape index (κ3) is 8.29. The zero-order valence-corrected chi connectivity index (χ0v) is 17.5. The van der Waals surface area contributed by atoms with Crippen molar-refractivity contribution in [2.24, 2.45) is 4.99 Å². The minimum atomic E-state index is -0.192. The Morgan fingerprint density at radius 1 is 1.33 bits per heavy atom. The zero-order valence-electron chi connectivity index (χ0n) is 13.5. The van der Waals surface area contributed by atoms with Crippen LogP contribution in [0.15, 0.2) is 45.2 Å². The number of halogens is 2. The van der Waals surface area contributed by atoms with E-state index < -0.39 is 0 Å². The lowest BCUT2D eigenvalue weighted by Gasteiger charge is -2.11. The average molecular weight is 480 g/mol. The number of thioether (sulfide) groups is 1. The molecule has 0 fully saturated rings. The normalized spacial score (nSPS) is 11.0. The van der Waals surface area contributed by atoms with Crippen LogP contribution in [-0.2, 0) is 6.42 Å². The fourth-order valence-electron chi connectivity index (χ4n) is 1.96. The molecule has 8 heteroatoms. The summed E-state index contributed by atoms with van der Waals surface area (Å²) in [5.41, 5.74) is 0.979. The highest BCUT2D eigenvalue weighted by molar-refractivity contribution is 14.0. The molecular formula is C16H22FIN4S2. The predicted octanol–water partition coefficient (Wildman–Crippen LogP) is 3.79. The molecule has 0 saturated carbocycles. The third-order valence-corrected chi connectivity index (χ3v) is 5.12. The van der Waals surface area contributed by atoms with Crippen molar-refractivity contribution in [3.05, 3.63) is 47.2 Å². The summed E-state index contributed by atoms with van der Waals surface area (Å²) in [6.45, 7) is 1.58. The first-order valence-electron chi connectivity index (χ1n) is 7.49. The Bertz CT molecular complexity index is 608. The molecule has 1 aromatic heterocycles. The zero-order chi connectivity index (χ0) is 16.3. The lowest BCUT2D eigenvalue weighted by molar-refractivity contribution is 0.625. The number of aromatic nitrogens is 1. The van der Waals surface area contributed by atoms with Crippen LogP contribution in [0.2, 0.25) is 0 Å². The molecule has 2 N–H and O–H groups in total. The van der Waals surface area contributed by atoms with Gasteiger partial charge in [-0.3, -0.25) is 4.99 Å². The molecule has 0 aliphatic rings. The molecule has 0 bridgehead atoms. The number of hydrogen-bond acceptors (Lipinski definition) is 4. The van der Waals surface area contributed by atoms with Crippen LogP contribution in [0.4, 0.5) is 4.39 Å². The summed E-state index contributed by atoms with van der Waals surface area (Å²) in [6, 6.07) is 6.68. The number of hydrogen-bond donors (Lipinski definition) is 2. The number of thiazole rings is 1. The quantitative estimate of drug-likeness (QED) is 0.199. The van der Waals surface area contributed by atoms with Crippen molar-refractivity contribution in [2.75, 3.05) is 25.9 Å². The van der Waals surface area contributed by atoms with E-state index in [9.17, 15) is 4.39 Å². The lowest BCUT2D eigenvalue weighted by Crippen LogP contribution is -2.38. The van der Waals surface area contributed by atoms with Crippen LogP contribution in [0.5, 0.6) is 0 Å². The van der Waals surface area contributed by atoms with Crippen molar-refractivity contribution >= 4 is 53.0 Å². The van der Waals surface area contributed by atoms with Gasteiger partial charge in [0, 0.05) is 37.5 Å². The molecule has 0 aliphatic heterocycles. The fourth-order valence-corrected chi connectivity index (χ4v) is 3.61. The summed E-state index contributed by atoms with van der Waals surface area (Å²) in [7, 11) is 1.75. The summed E-state index contributed by atoms with van der Waals surface area (Å²) < 4.78 is 14.2. The van der Waals surface area contributed by atoms with E-state index in [4.69, 9.17) is 0 Å². The van der Waals surface area contributed by atoms with Crippen LogP contribution in [0.3, 0.4) is 0 Å². The minimum absolute atomic E-state index is 0. The van der Waals surface area contributed by atoms with E-state index in [0.717, 1.165) is 47.5 Å². The van der Waals surface area contributed by atoms with Crippen LogP contribution < -0.4 is 10.6 Å². The van der Waals surface area contributed by atoms with E-state index in [1.54, 1.807) is 42.3 Å². The minimum Gasteiger partial charge on any atom is -0.356 e. The number of nitrogens with one attached hydrogen (secondary N) is 2. The number of benzene rings is 1. The van der Waals surface area contributed by atoms with Crippen LogP contribution in [0.1, 0.15) is 12.0 Å². The molecule has 2 rings (SSSR count). The Hall–Kier alpha value is -0.870. The Kier molecular flexibility index (Phi) is 11.0. The van der Waals surface area contributed by atoms with Crippen LogP contribution >= 0.6 is 47.1 Å². The second kappa shape index (κ2) is 12.5. The molecule has 1 aromatic carbocycles. The van der Waals surface area contributed by atoms with Gasteiger partial charge >= 0.3 is 0 Å². The number of rotatable bonds is 8. The van der Waals surface area contributed by atoms with Gasteiger partial charge < -0.3 is 10.6 Å². The van der Waals surface area contributed by atoms with Gasteiger partial charge in [0.15, 0.2) is 5.96 Å². The summed E-state index contributed by atoms with van der Waals surface area (Å²) in [5.74, 6) is 1.62.